The fourth-order valence-electron chi connectivity index (χ4n) is 3.13. The van der Waals surface area contributed by atoms with E-state index >= 15 is 0 Å². The van der Waals surface area contributed by atoms with Gasteiger partial charge in [0.15, 0.2) is 5.65 Å². The molecule has 0 aliphatic rings. The number of carbonyl (C=O) groups is 1. The van der Waals surface area contributed by atoms with Gasteiger partial charge in [0, 0.05) is 17.7 Å². The Morgan fingerprint density at radius 2 is 1.63 bits per heavy atom. The molecule has 0 aliphatic heterocycles. The summed E-state index contributed by atoms with van der Waals surface area (Å²) in [5.74, 6) is -0.238. The van der Waals surface area contributed by atoms with Crippen molar-refractivity contribution in [3.63, 3.8) is 0 Å². The van der Waals surface area contributed by atoms with Gasteiger partial charge in [-0.3, -0.25) is 4.79 Å². The number of fused-ring (bicyclic) bond motifs is 1. The molecule has 0 spiro atoms. The van der Waals surface area contributed by atoms with Crippen LogP contribution in [0.4, 0.5) is 0 Å². The van der Waals surface area contributed by atoms with Gasteiger partial charge in [-0.1, -0.05) is 72.3 Å². The Balaban J connectivity index is 1.82. The normalized spacial score (nSPS) is 11.0. The lowest BCUT2D eigenvalue weighted by molar-refractivity contribution is -0.123. The Labute approximate surface area is 178 Å². The first kappa shape index (κ1) is 20.0. The number of hydrogen-bond donors (Lipinski definition) is 1. The number of amides is 1. The molecular formula is C22H20ClN5O2. The number of carbonyl (C=O) groups excluding carboxylic acids is 1. The number of hydrogen-bond acceptors (Lipinski definition) is 5. The van der Waals surface area contributed by atoms with Crippen LogP contribution in [-0.2, 0) is 16.1 Å². The first-order chi connectivity index (χ1) is 14.7. The Bertz CT molecular complexity index is 1160. The van der Waals surface area contributed by atoms with Crippen LogP contribution >= 0.6 is 11.6 Å². The molecule has 7 nitrogen and oxygen atoms in total. The first-order valence-corrected chi connectivity index (χ1v) is 9.94. The molecule has 30 heavy (non-hydrogen) atoms. The van der Waals surface area contributed by atoms with E-state index in [9.17, 15) is 4.79 Å². The third-order valence-corrected chi connectivity index (χ3v) is 4.93. The molecule has 0 saturated carbocycles. The van der Waals surface area contributed by atoms with E-state index in [0.717, 1.165) is 11.1 Å². The van der Waals surface area contributed by atoms with Gasteiger partial charge < -0.3 is 10.1 Å². The smallest absolute Gasteiger partial charge is 0.243 e. The minimum Gasteiger partial charge on any atom is -0.362 e. The molecule has 1 amide bonds. The lowest BCUT2D eigenvalue weighted by Gasteiger charge is -2.06. The minimum absolute atomic E-state index is 0.0217. The molecule has 8 heteroatoms. The van der Waals surface area contributed by atoms with Crippen molar-refractivity contribution in [2.45, 2.75) is 13.5 Å². The number of benzene rings is 2. The third kappa shape index (κ3) is 4.03. The highest BCUT2D eigenvalue weighted by atomic mass is 35.5. The van der Waals surface area contributed by atoms with Crippen molar-refractivity contribution in [2.24, 2.45) is 0 Å². The van der Waals surface area contributed by atoms with Gasteiger partial charge in [0.1, 0.15) is 24.7 Å². The average molecular weight is 422 g/mol. The van der Waals surface area contributed by atoms with Crippen molar-refractivity contribution in [1.82, 2.24) is 25.3 Å². The zero-order chi connectivity index (χ0) is 20.9. The summed E-state index contributed by atoms with van der Waals surface area (Å²) in [5.41, 5.74) is 3.41. The fourth-order valence-corrected chi connectivity index (χ4v) is 3.45. The van der Waals surface area contributed by atoms with E-state index in [4.69, 9.17) is 16.3 Å². The zero-order valence-electron chi connectivity index (χ0n) is 16.4. The van der Waals surface area contributed by atoms with E-state index in [0.29, 0.717) is 34.1 Å². The molecule has 2 aromatic heterocycles. The maximum absolute atomic E-state index is 12.3. The van der Waals surface area contributed by atoms with Crippen molar-refractivity contribution < 1.29 is 9.53 Å². The minimum atomic E-state index is -0.238. The topological polar surface area (TPSA) is 81.9 Å². The van der Waals surface area contributed by atoms with Crippen LogP contribution in [0, 0.1) is 0 Å². The number of halogens is 1. The van der Waals surface area contributed by atoms with Crippen LogP contribution in [0.25, 0.3) is 33.5 Å². The maximum Gasteiger partial charge on any atom is 0.243 e. The molecule has 4 rings (SSSR count). The van der Waals surface area contributed by atoms with Gasteiger partial charge in [-0.15, -0.1) is 10.2 Å². The molecule has 0 fully saturated rings. The largest absolute Gasteiger partial charge is 0.362 e. The van der Waals surface area contributed by atoms with Crippen molar-refractivity contribution >= 4 is 28.5 Å². The van der Waals surface area contributed by atoms with Gasteiger partial charge in [-0.2, -0.15) is 5.10 Å². The number of nitrogens with one attached hydrogen (secondary N) is 1. The summed E-state index contributed by atoms with van der Waals surface area (Å²) >= 11 is 6.81. The maximum atomic E-state index is 12.3. The molecule has 1 N–H and O–H groups in total. The summed E-state index contributed by atoms with van der Waals surface area (Å²) in [6.07, 6.45) is 0. The van der Waals surface area contributed by atoms with Crippen LogP contribution in [-0.4, -0.2) is 39.2 Å². The SMILES string of the molecule is CCOCNC(=O)Cn1nc(-c2ccccc2)c2c(Cl)c(-c3ccccc3)nnc21. The number of rotatable bonds is 7. The lowest BCUT2D eigenvalue weighted by Crippen LogP contribution is -2.30. The summed E-state index contributed by atoms with van der Waals surface area (Å²) < 4.78 is 6.70. The van der Waals surface area contributed by atoms with Crippen molar-refractivity contribution in [1.29, 1.82) is 0 Å². The van der Waals surface area contributed by atoms with Crippen molar-refractivity contribution in [2.75, 3.05) is 13.3 Å². The monoisotopic (exact) mass is 421 g/mol. The molecule has 2 aromatic carbocycles. The first-order valence-electron chi connectivity index (χ1n) is 9.57. The number of ether oxygens (including phenoxy) is 1. The van der Waals surface area contributed by atoms with Crippen molar-refractivity contribution in [3.8, 4) is 22.5 Å². The fraction of sp³-hybridized carbons (Fsp3) is 0.182. The van der Waals surface area contributed by atoms with Crippen LogP contribution in [0.3, 0.4) is 0 Å². The second-order valence-corrected chi connectivity index (χ2v) is 6.91. The second-order valence-electron chi connectivity index (χ2n) is 6.54. The third-order valence-electron chi connectivity index (χ3n) is 4.56. The molecule has 4 aromatic rings. The summed E-state index contributed by atoms with van der Waals surface area (Å²) in [6.45, 7) is 2.50. The van der Waals surface area contributed by atoms with E-state index in [1.165, 1.54) is 4.68 Å². The molecular weight excluding hydrogens is 402 g/mol. The number of aromatic nitrogens is 4. The van der Waals surface area contributed by atoms with Gasteiger partial charge in [-0.05, 0) is 6.92 Å². The van der Waals surface area contributed by atoms with Gasteiger partial charge in [-0.25, -0.2) is 4.68 Å². The molecule has 0 unspecified atom stereocenters. The average Bonchev–Trinajstić information content (AvgIpc) is 3.14. The highest BCUT2D eigenvalue weighted by Crippen LogP contribution is 2.37. The van der Waals surface area contributed by atoms with E-state index in [1.807, 2.05) is 67.6 Å². The Morgan fingerprint density at radius 1 is 1.00 bits per heavy atom. The van der Waals surface area contributed by atoms with Crippen LogP contribution in [0.1, 0.15) is 6.92 Å². The Kier molecular flexibility index (Phi) is 6.02. The van der Waals surface area contributed by atoms with Gasteiger partial charge in [0.05, 0.1) is 10.4 Å². The Hall–Kier alpha value is -3.29. The highest BCUT2D eigenvalue weighted by molar-refractivity contribution is 6.38. The van der Waals surface area contributed by atoms with Gasteiger partial charge in [0.25, 0.3) is 0 Å². The van der Waals surface area contributed by atoms with Gasteiger partial charge in [0.2, 0.25) is 5.91 Å². The standard InChI is InChI=1S/C22H20ClN5O2/c1-2-30-14-24-17(29)13-28-22-18(20(27-28)15-9-5-3-6-10-15)19(23)21(25-26-22)16-11-7-4-8-12-16/h3-12H,2,13-14H2,1H3,(H,24,29). The molecule has 0 bridgehead atoms. The predicted molar refractivity (Wildman–Crippen MR) is 116 cm³/mol. The summed E-state index contributed by atoms with van der Waals surface area (Å²) in [7, 11) is 0. The summed E-state index contributed by atoms with van der Waals surface area (Å²) in [4.78, 5) is 12.3. The zero-order valence-corrected chi connectivity index (χ0v) is 17.1. The highest BCUT2D eigenvalue weighted by Gasteiger charge is 2.21. The molecule has 152 valence electrons. The van der Waals surface area contributed by atoms with Crippen LogP contribution < -0.4 is 5.32 Å². The van der Waals surface area contributed by atoms with Crippen LogP contribution in [0.5, 0.6) is 0 Å². The molecule has 0 atom stereocenters. The summed E-state index contributed by atoms with van der Waals surface area (Å²) in [5, 5.41) is 17.2. The lowest BCUT2D eigenvalue weighted by atomic mass is 10.1. The van der Waals surface area contributed by atoms with E-state index in [2.05, 4.69) is 20.6 Å². The molecule has 0 radical (unpaired) electrons. The van der Waals surface area contributed by atoms with E-state index < -0.39 is 0 Å². The predicted octanol–water partition coefficient (Wildman–Crippen LogP) is 3.92. The van der Waals surface area contributed by atoms with Crippen molar-refractivity contribution in [3.05, 3.63) is 65.7 Å². The van der Waals surface area contributed by atoms with Crippen LogP contribution in [0.15, 0.2) is 60.7 Å². The molecule has 2 heterocycles. The molecule has 0 aliphatic carbocycles. The van der Waals surface area contributed by atoms with E-state index in [-0.39, 0.29) is 19.2 Å². The van der Waals surface area contributed by atoms with Crippen LogP contribution in [0.2, 0.25) is 5.02 Å². The van der Waals surface area contributed by atoms with E-state index in [1.54, 1.807) is 0 Å². The number of nitrogens with zero attached hydrogens (tertiary/aromatic N) is 4. The Morgan fingerprint density at radius 3 is 2.27 bits per heavy atom. The summed E-state index contributed by atoms with van der Waals surface area (Å²) in [6, 6.07) is 19.3. The molecule has 0 saturated heterocycles. The second kappa shape index (κ2) is 9.02. The quantitative estimate of drug-likeness (QED) is 0.361. The van der Waals surface area contributed by atoms with Gasteiger partial charge >= 0.3 is 0 Å².